The Hall–Kier alpha value is -2.00. The minimum absolute atomic E-state index is 0.0812. The smallest absolute Gasteiger partial charge is 0.251 e. The Labute approximate surface area is 117 Å². The lowest BCUT2D eigenvalue weighted by molar-refractivity contribution is 0.0940. The number of benzene rings is 2. The van der Waals surface area contributed by atoms with E-state index < -0.39 is 0 Å². The fourth-order valence-electron chi connectivity index (χ4n) is 1.75. The van der Waals surface area contributed by atoms with Gasteiger partial charge < -0.3 is 11.1 Å². The molecule has 2 aromatic carbocycles. The van der Waals surface area contributed by atoms with Gasteiger partial charge in [-0.1, -0.05) is 23.7 Å². The van der Waals surface area contributed by atoms with E-state index in [1.807, 2.05) is 31.2 Å². The number of amides is 1. The molecule has 0 spiro atoms. The summed E-state index contributed by atoms with van der Waals surface area (Å²) < 4.78 is 0. The van der Waals surface area contributed by atoms with Crippen molar-refractivity contribution >= 4 is 23.2 Å². The molecule has 4 heteroatoms. The summed E-state index contributed by atoms with van der Waals surface area (Å²) in [7, 11) is 0. The normalized spacial score (nSPS) is 11.9. The van der Waals surface area contributed by atoms with Crippen LogP contribution in [-0.4, -0.2) is 5.91 Å². The molecule has 0 unspecified atom stereocenters. The van der Waals surface area contributed by atoms with Crippen molar-refractivity contribution in [2.75, 3.05) is 5.73 Å². The van der Waals surface area contributed by atoms with Crippen LogP contribution in [0.4, 0.5) is 5.69 Å². The summed E-state index contributed by atoms with van der Waals surface area (Å²) in [4.78, 5) is 12.0. The summed E-state index contributed by atoms with van der Waals surface area (Å²) in [5, 5.41) is 3.61. The van der Waals surface area contributed by atoms with Crippen LogP contribution in [0.5, 0.6) is 0 Å². The van der Waals surface area contributed by atoms with Gasteiger partial charge in [0.15, 0.2) is 0 Å². The molecule has 1 atom stereocenters. The molecule has 2 rings (SSSR count). The second-order valence-corrected chi connectivity index (χ2v) is 4.81. The van der Waals surface area contributed by atoms with E-state index in [2.05, 4.69) is 5.32 Å². The molecule has 2 aromatic rings. The van der Waals surface area contributed by atoms with Gasteiger partial charge in [-0.25, -0.2) is 0 Å². The Morgan fingerprint density at radius 3 is 2.26 bits per heavy atom. The van der Waals surface area contributed by atoms with Gasteiger partial charge in [0.05, 0.1) is 6.04 Å². The average Bonchev–Trinajstić information content (AvgIpc) is 2.40. The molecule has 98 valence electrons. The van der Waals surface area contributed by atoms with Crippen LogP contribution in [0.3, 0.4) is 0 Å². The van der Waals surface area contributed by atoms with E-state index >= 15 is 0 Å². The van der Waals surface area contributed by atoms with Gasteiger partial charge in [0, 0.05) is 16.3 Å². The predicted octanol–water partition coefficient (Wildman–Crippen LogP) is 3.41. The van der Waals surface area contributed by atoms with Crippen LogP contribution < -0.4 is 11.1 Å². The molecular weight excluding hydrogens is 260 g/mol. The molecule has 0 bridgehead atoms. The van der Waals surface area contributed by atoms with E-state index in [4.69, 9.17) is 17.3 Å². The molecule has 0 aliphatic carbocycles. The molecule has 3 N–H and O–H groups in total. The average molecular weight is 275 g/mol. The van der Waals surface area contributed by atoms with Gasteiger partial charge in [0.25, 0.3) is 5.91 Å². The van der Waals surface area contributed by atoms with E-state index in [1.54, 1.807) is 24.3 Å². The molecule has 19 heavy (non-hydrogen) atoms. The zero-order valence-corrected chi connectivity index (χ0v) is 11.3. The van der Waals surface area contributed by atoms with Crippen LogP contribution in [0.25, 0.3) is 0 Å². The molecule has 0 fully saturated rings. The summed E-state index contributed by atoms with van der Waals surface area (Å²) in [6.45, 7) is 1.93. The van der Waals surface area contributed by atoms with Crippen molar-refractivity contribution in [1.82, 2.24) is 5.32 Å². The van der Waals surface area contributed by atoms with Crippen LogP contribution in [0.1, 0.15) is 28.9 Å². The van der Waals surface area contributed by atoms with Crippen molar-refractivity contribution in [3.05, 3.63) is 64.7 Å². The minimum Gasteiger partial charge on any atom is -0.399 e. The Morgan fingerprint density at radius 1 is 1.11 bits per heavy atom. The third kappa shape index (κ3) is 3.48. The first-order chi connectivity index (χ1) is 9.06. The molecule has 0 saturated heterocycles. The number of anilines is 1. The Balaban J connectivity index is 2.06. The SMILES string of the molecule is C[C@@H](NC(=O)c1ccc(N)cc1)c1ccc(Cl)cc1. The van der Waals surface area contributed by atoms with E-state index in [0.717, 1.165) is 5.56 Å². The van der Waals surface area contributed by atoms with E-state index in [1.165, 1.54) is 0 Å². The maximum absolute atomic E-state index is 12.0. The topological polar surface area (TPSA) is 55.1 Å². The first-order valence-corrected chi connectivity index (χ1v) is 6.36. The number of carbonyl (C=O) groups excluding carboxylic acids is 1. The second-order valence-electron chi connectivity index (χ2n) is 4.37. The zero-order chi connectivity index (χ0) is 13.8. The fraction of sp³-hybridized carbons (Fsp3) is 0.133. The number of hydrogen-bond donors (Lipinski definition) is 2. The molecule has 0 heterocycles. The van der Waals surface area contributed by atoms with Crippen molar-refractivity contribution in [2.45, 2.75) is 13.0 Å². The lowest BCUT2D eigenvalue weighted by atomic mass is 10.1. The Kier molecular flexibility index (Phi) is 4.07. The molecule has 1 amide bonds. The van der Waals surface area contributed by atoms with Crippen molar-refractivity contribution in [3.8, 4) is 0 Å². The van der Waals surface area contributed by atoms with Gasteiger partial charge in [0.2, 0.25) is 0 Å². The third-order valence-electron chi connectivity index (χ3n) is 2.89. The molecular formula is C15H15ClN2O. The summed E-state index contributed by atoms with van der Waals surface area (Å²) in [6.07, 6.45) is 0. The fourth-order valence-corrected chi connectivity index (χ4v) is 1.88. The highest BCUT2D eigenvalue weighted by Gasteiger charge is 2.11. The number of nitrogens with one attached hydrogen (secondary N) is 1. The van der Waals surface area contributed by atoms with E-state index in [0.29, 0.717) is 16.3 Å². The number of carbonyl (C=O) groups is 1. The van der Waals surface area contributed by atoms with E-state index in [-0.39, 0.29) is 11.9 Å². The summed E-state index contributed by atoms with van der Waals surface area (Å²) in [6, 6.07) is 14.2. The predicted molar refractivity (Wildman–Crippen MR) is 78.2 cm³/mol. The first kappa shape index (κ1) is 13.4. The van der Waals surface area contributed by atoms with Crippen LogP contribution in [-0.2, 0) is 0 Å². The largest absolute Gasteiger partial charge is 0.399 e. The molecule has 0 aromatic heterocycles. The third-order valence-corrected chi connectivity index (χ3v) is 3.14. The molecule has 0 aliphatic rings. The highest BCUT2D eigenvalue weighted by atomic mass is 35.5. The van der Waals surface area contributed by atoms with Crippen LogP contribution >= 0.6 is 11.6 Å². The van der Waals surface area contributed by atoms with Crippen molar-refractivity contribution in [1.29, 1.82) is 0 Å². The summed E-state index contributed by atoms with van der Waals surface area (Å²) in [5.74, 6) is -0.123. The standard InChI is InChI=1S/C15H15ClN2O/c1-10(11-2-6-13(16)7-3-11)18-15(19)12-4-8-14(17)9-5-12/h2-10H,17H2,1H3,(H,18,19)/t10-/m1/s1. The Bertz CT molecular complexity index is 564. The minimum atomic E-state index is -0.123. The summed E-state index contributed by atoms with van der Waals surface area (Å²) in [5.41, 5.74) is 7.83. The quantitative estimate of drug-likeness (QED) is 0.843. The number of hydrogen-bond acceptors (Lipinski definition) is 2. The van der Waals surface area contributed by atoms with Crippen LogP contribution in [0, 0.1) is 0 Å². The van der Waals surface area contributed by atoms with E-state index in [9.17, 15) is 4.79 Å². The Morgan fingerprint density at radius 2 is 1.68 bits per heavy atom. The van der Waals surface area contributed by atoms with Gasteiger partial charge in [-0.15, -0.1) is 0 Å². The van der Waals surface area contributed by atoms with Crippen molar-refractivity contribution < 1.29 is 4.79 Å². The van der Waals surface area contributed by atoms with Gasteiger partial charge in [0.1, 0.15) is 0 Å². The number of halogens is 1. The number of nitrogen functional groups attached to an aromatic ring is 1. The molecule has 0 radical (unpaired) electrons. The molecule has 0 saturated carbocycles. The summed E-state index contributed by atoms with van der Waals surface area (Å²) >= 11 is 5.83. The van der Waals surface area contributed by atoms with Gasteiger partial charge in [-0.2, -0.15) is 0 Å². The van der Waals surface area contributed by atoms with Crippen LogP contribution in [0.15, 0.2) is 48.5 Å². The number of rotatable bonds is 3. The highest BCUT2D eigenvalue weighted by Crippen LogP contribution is 2.16. The maximum Gasteiger partial charge on any atom is 0.251 e. The van der Waals surface area contributed by atoms with Gasteiger partial charge in [-0.05, 0) is 48.9 Å². The lowest BCUT2D eigenvalue weighted by Gasteiger charge is -2.14. The van der Waals surface area contributed by atoms with Gasteiger partial charge >= 0.3 is 0 Å². The maximum atomic E-state index is 12.0. The number of nitrogens with two attached hydrogens (primary N) is 1. The van der Waals surface area contributed by atoms with Crippen LogP contribution in [0.2, 0.25) is 5.02 Å². The zero-order valence-electron chi connectivity index (χ0n) is 10.6. The highest BCUT2D eigenvalue weighted by molar-refractivity contribution is 6.30. The van der Waals surface area contributed by atoms with Gasteiger partial charge in [-0.3, -0.25) is 4.79 Å². The molecule has 0 aliphatic heterocycles. The molecule has 3 nitrogen and oxygen atoms in total. The lowest BCUT2D eigenvalue weighted by Crippen LogP contribution is -2.26. The first-order valence-electron chi connectivity index (χ1n) is 5.98. The second kappa shape index (κ2) is 5.76. The van der Waals surface area contributed by atoms with Crippen molar-refractivity contribution in [3.63, 3.8) is 0 Å². The van der Waals surface area contributed by atoms with Crippen molar-refractivity contribution in [2.24, 2.45) is 0 Å². The monoisotopic (exact) mass is 274 g/mol.